The summed E-state index contributed by atoms with van der Waals surface area (Å²) in [5.41, 5.74) is 0. The summed E-state index contributed by atoms with van der Waals surface area (Å²) in [5.74, 6) is 0.940. The second-order valence-electron chi connectivity index (χ2n) is 3.47. The molecule has 1 atom stereocenters. The van der Waals surface area contributed by atoms with Crippen LogP contribution in [0.3, 0.4) is 0 Å². The zero-order valence-corrected chi connectivity index (χ0v) is 10.8. The van der Waals surface area contributed by atoms with Crippen molar-refractivity contribution in [2.45, 2.75) is 12.5 Å². The van der Waals surface area contributed by atoms with E-state index in [-0.39, 0.29) is 17.5 Å². The number of anilines is 1. The lowest BCUT2D eigenvalue weighted by molar-refractivity contribution is 0.602. The van der Waals surface area contributed by atoms with E-state index in [0.717, 1.165) is 3.57 Å². The van der Waals surface area contributed by atoms with Gasteiger partial charge in [0.15, 0.2) is 9.84 Å². The third-order valence-electron chi connectivity index (χ3n) is 2.19. The Morgan fingerprint density at radius 1 is 1.40 bits per heavy atom. The zero-order valence-electron chi connectivity index (χ0n) is 7.85. The molecule has 1 unspecified atom stereocenters. The lowest BCUT2D eigenvalue weighted by atomic mass is 10.3. The fourth-order valence-corrected chi connectivity index (χ4v) is 3.43. The molecule has 2 heterocycles. The molecule has 5 nitrogen and oxygen atoms in total. The molecule has 15 heavy (non-hydrogen) atoms. The van der Waals surface area contributed by atoms with E-state index in [9.17, 15) is 8.42 Å². The SMILES string of the molecule is O=S1(=O)CCC(Nc2ncc(I)cn2)C1. The van der Waals surface area contributed by atoms with Gasteiger partial charge in [0.05, 0.1) is 11.5 Å². The smallest absolute Gasteiger partial charge is 0.222 e. The largest absolute Gasteiger partial charge is 0.350 e. The van der Waals surface area contributed by atoms with E-state index in [1.54, 1.807) is 12.4 Å². The normalized spacial score (nSPS) is 23.9. The number of sulfone groups is 1. The second-order valence-corrected chi connectivity index (χ2v) is 6.94. The molecule has 82 valence electrons. The summed E-state index contributed by atoms with van der Waals surface area (Å²) in [4.78, 5) is 8.13. The first kappa shape index (κ1) is 11.1. The van der Waals surface area contributed by atoms with Gasteiger partial charge >= 0.3 is 0 Å². The van der Waals surface area contributed by atoms with Crippen LogP contribution in [0.5, 0.6) is 0 Å². The summed E-state index contributed by atoms with van der Waals surface area (Å²) in [6, 6.07) is -0.0462. The van der Waals surface area contributed by atoms with Crippen molar-refractivity contribution in [3.8, 4) is 0 Å². The third-order valence-corrected chi connectivity index (χ3v) is 4.51. The van der Waals surface area contributed by atoms with Crippen molar-refractivity contribution in [1.29, 1.82) is 0 Å². The molecule has 0 aliphatic carbocycles. The van der Waals surface area contributed by atoms with Crippen molar-refractivity contribution >= 4 is 38.4 Å². The zero-order chi connectivity index (χ0) is 10.9. The van der Waals surface area contributed by atoms with Crippen LogP contribution >= 0.6 is 22.6 Å². The monoisotopic (exact) mass is 339 g/mol. The molecular weight excluding hydrogens is 329 g/mol. The molecule has 0 spiro atoms. The van der Waals surface area contributed by atoms with Crippen LogP contribution in [0.4, 0.5) is 5.95 Å². The summed E-state index contributed by atoms with van der Waals surface area (Å²) >= 11 is 2.12. The molecule has 1 saturated heterocycles. The van der Waals surface area contributed by atoms with Gasteiger partial charge in [0, 0.05) is 22.0 Å². The predicted molar refractivity (Wildman–Crippen MR) is 65.4 cm³/mol. The topological polar surface area (TPSA) is 72.0 Å². The summed E-state index contributed by atoms with van der Waals surface area (Å²) in [6.07, 6.45) is 4.02. The van der Waals surface area contributed by atoms with E-state index >= 15 is 0 Å². The van der Waals surface area contributed by atoms with Crippen molar-refractivity contribution in [1.82, 2.24) is 9.97 Å². The maximum absolute atomic E-state index is 11.2. The molecule has 1 aromatic heterocycles. The Hall–Kier alpha value is -0.440. The average molecular weight is 339 g/mol. The Morgan fingerprint density at radius 3 is 2.60 bits per heavy atom. The second kappa shape index (κ2) is 4.20. The molecule has 0 saturated carbocycles. The average Bonchev–Trinajstić information content (AvgIpc) is 2.50. The van der Waals surface area contributed by atoms with Crippen LogP contribution < -0.4 is 5.32 Å². The molecule has 0 aromatic carbocycles. The molecule has 1 N–H and O–H groups in total. The minimum absolute atomic E-state index is 0.0462. The van der Waals surface area contributed by atoms with Crippen LogP contribution in [-0.2, 0) is 9.84 Å². The number of aromatic nitrogens is 2. The van der Waals surface area contributed by atoms with Gasteiger partial charge in [-0.1, -0.05) is 0 Å². The van der Waals surface area contributed by atoms with Crippen molar-refractivity contribution in [2.24, 2.45) is 0 Å². The molecular formula is C8H10IN3O2S. The van der Waals surface area contributed by atoms with Crippen molar-refractivity contribution in [3.05, 3.63) is 16.0 Å². The van der Waals surface area contributed by atoms with Gasteiger partial charge in [-0.25, -0.2) is 18.4 Å². The molecule has 0 bridgehead atoms. The van der Waals surface area contributed by atoms with Gasteiger partial charge in [-0.05, 0) is 29.0 Å². The van der Waals surface area contributed by atoms with E-state index in [4.69, 9.17) is 0 Å². The van der Waals surface area contributed by atoms with E-state index in [1.807, 2.05) is 0 Å². The Bertz CT molecular complexity index is 445. The number of rotatable bonds is 2. The van der Waals surface area contributed by atoms with Crippen LogP contribution in [0, 0.1) is 3.57 Å². The molecule has 7 heteroatoms. The first-order valence-electron chi connectivity index (χ1n) is 4.50. The van der Waals surface area contributed by atoms with Gasteiger partial charge < -0.3 is 5.32 Å². The number of hydrogen-bond donors (Lipinski definition) is 1. The van der Waals surface area contributed by atoms with E-state index in [0.29, 0.717) is 12.4 Å². The quantitative estimate of drug-likeness (QED) is 0.803. The van der Waals surface area contributed by atoms with Gasteiger partial charge in [-0.3, -0.25) is 0 Å². The number of hydrogen-bond acceptors (Lipinski definition) is 5. The highest BCUT2D eigenvalue weighted by atomic mass is 127. The molecule has 1 aromatic rings. The maximum atomic E-state index is 11.2. The maximum Gasteiger partial charge on any atom is 0.222 e. The Labute approximate surface area is 102 Å². The summed E-state index contributed by atoms with van der Waals surface area (Å²) in [6.45, 7) is 0. The van der Waals surface area contributed by atoms with Crippen molar-refractivity contribution < 1.29 is 8.42 Å². The lowest BCUT2D eigenvalue weighted by Gasteiger charge is -2.09. The Balaban J connectivity index is 2.02. The van der Waals surface area contributed by atoms with Gasteiger partial charge in [0.1, 0.15) is 0 Å². The highest BCUT2D eigenvalue weighted by Gasteiger charge is 2.28. The van der Waals surface area contributed by atoms with E-state index < -0.39 is 9.84 Å². The Kier molecular flexibility index (Phi) is 3.10. The summed E-state index contributed by atoms with van der Waals surface area (Å²) in [5, 5.41) is 3.02. The lowest BCUT2D eigenvalue weighted by Crippen LogP contribution is -2.21. The van der Waals surface area contributed by atoms with Crippen LogP contribution in [0.2, 0.25) is 0 Å². The predicted octanol–water partition coefficient (Wildman–Crippen LogP) is 0.680. The third kappa shape index (κ3) is 3.00. The molecule has 1 aliphatic rings. The van der Waals surface area contributed by atoms with Crippen LogP contribution in [0.15, 0.2) is 12.4 Å². The van der Waals surface area contributed by atoms with Crippen LogP contribution in [0.25, 0.3) is 0 Å². The minimum atomic E-state index is -2.84. The molecule has 1 fully saturated rings. The minimum Gasteiger partial charge on any atom is -0.350 e. The van der Waals surface area contributed by atoms with Gasteiger partial charge in [0.25, 0.3) is 0 Å². The van der Waals surface area contributed by atoms with E-state index in [2.05, 4.69) is 37.9 Å². The van der Waals surface area contributed by atoms with Crippen molar-refractivity contribution in [2.75, 3.05) is 16.8 Å². The van der Waals surface area contributed by atoms with Crippen LogP contribution in [-0.4, -0.2) is 35.9 Å². The van der Waals surface area contributed by atoms with E-state index in [1.165, 1.54) is 0 Å². The Morgan fingerprint density at radius 2 is 2.07 bits per heavy atom. The number of nitrogens with one attached hydrogen (secondary N) is 1. The molecule has 0 radical (unpaired) electrons. The highest BCUT2D eigenvalue weighted by Crippen LogP contribution is 2.15. The fourth-order valence-electron chi connectivity index (χ4n) is 1.48. The molecule has 0 amide bonds. The number of halogens is 1. The van der Waals surface area contributed by atoms with Crippen LogP contribution in [0.1, 0.15) is 6.42 Å². The summed E-state index contributed by atoms with van der Waals surface area (Å²) in [7, 11) is -2.84. The van der Waals surface area contributed by atoms with Crippen molar-refractivity contribution in [3.63, 3.8) is 0 Å². The first-order valence-corrected chi connectivity index (χ1v) is 7.40. The van der Waals surface area contributed by atoms with Gasteiger partial charge in [0.2, 0.25) is 5.95 Å². The highest BCUT2D eigenvalue weighted by molar-refractivity contribution is 14.1. The fraction of sp³-hybridized carbons (Fsp3) is 0.500. The molecule has 1 aliphatic heterocycles. The molecule has 2 rings (SSSR count). The van der Waals surface area contributed by atoms with Gasteiger partial charge in [-0.2, -0.15) is 0 Å². The number of nitrogens with zero attached hydrogens (tertiary/aromatic N) is 2. The summed E-state index contributed by atoms with van der Waals surface area (Å²) < 4.78 is 23.4. The van der Waals surface area contributed by atoms with Gasteiger partial charge in [-0.15, -0.1) is 0 Å². The standard InChI is InChI=1S/C8H10IN3O2S/c9-6-3-10-8(11-4-6)12-7-1-2-15(13,14)5-7/h3-4,7H,1-2,5H2,(H,10,11,12). The first-order chi connectivity index (χ1) is 7.05.